The van der Waals surface area contributed by atoms with Crippen molar-refractivity contribution in [3.63, 3.8) is 0 Å². The zero-order valence-corrected chi connectivity index (χ0v) is 14.4. The van der Waals surface area contributed by atoms with Crippen LogP contribution >= 0.6 is 0 Å². The van der Waals surface area contributed by atoms with E-state index in [-0.39, 0.29) is 18.3 Å². The summed E-state index contributed by atoms with van der Waals surface area (Å²) < 4.78 is 13.1. The van der Waals surface area contributed by atoms with E-state index in [9.17, 15) is 4.79 Å². The van der Waals surface area contributed by atoms with Crippen molar-refractivity contribution in [2.75, 3.05) is 0 Å². The summed E-state index contributed by atoms with van der Waals surface area (Å²) in [6.45, 7) is 5.44. The first kappa shape index (κ1) is 16.8. The lowest BCUT2D eigenvalue weighted by molar-refractivity contribution is 0.0918. The van der Waals surface area contributed by atoms with Crippen molar-refractivity contribution in [1.29, 1.82) is 0 Å². The summed E-state index contributed by atoms with van der Waals surface area (Å²) >= 11 is 0. The summed E-state index contributed by atoms with van der Waals surface area (Å²) in [4.78, 5) is 12.2. The van der Waals surface area contributed by atoms with Gasteiger partial charge in [0.15, 0.2) is 5.76 Å². The normalized spacial score (nSPS) is 10.6. The van der Waals surface area contributed by atoms with Crippen LogP contribution in [0.1, 0.15) is 34.5 Å². The van der Waals surface area contributed by atoms with Gasteiger partial charge >= 0.3 is 0 Å². The molecule has 130 valence electrons. The number of aromatic nitrogens is 2. The second-order valence-electron chi connectivity index (χ2n) is 5.64. The fraction of sp³-hybridized carbons (Fsp3) is 0.263. The van der Waals surface area contributed by atoms with Gasteiger partial charge < -0.3 is 14.5 Å². The van der Waals surface area contributed by atoms with Gasteiger partial charge in [0.2, 0.25) is 0 Å². The standard InChI is InChI=1S/C19H21N3O3/c1-3-22-15(10-11-21-22)12-20-19(23)18-9-8-16(25-18)13-24-17-7-5-4-6-14(17)2/h4-11H,3,12-13H2,1-2H3,(H,20,23). The number of ether oxygens (including phenoxy) is 1. The third kappa shape index (κ3) is 4.09. The minimum Gasteiger partial charge on any atom is -0.485 e. The van der Waals surface area contributed by atoms with E-state index in [1.165, 1.54) is 0 Å². The number of furan rings is 1. The molecule has 3 aromatic rings. The maximum atomic E-state index is 12.2. The molecule has 2 aromatic heterocycles. The molecule has 0 saturated carbocycles. The third-order valence-corrected chi connectivity index (χ3v) is 3.88. The highest BCUT2D eigenvalue weighted by atomic mass is 16.5. The lowest BCUT2D eigenvalue weighted by atomic mass is 10.2. The van der Waals surface area contributed by atoms with Gasteiger partial charge in [-0.1, -0.05) is 18.2 Å². The fourth-order valence-corrected chi connectivity index (χ4v) is 2.50. The Balaban J connectivity index is 1.55. The molecular weight excluding hydrogens is 318 g/mol. The van der Waals surface area contributed by atoms with Crippen LogP contribution in [0, 0.1) is 6.92 Å². The van der Waals surface area contributed by atoms with Gasteiger partial charge in [0.05, 0.1) is 12.2 Å². The number of amides is 1. The van der Waals surface area contributed by atoms with Gasteiger partial charge in [-0.25, -0.2) is 0 Å². The Kier molecular flexibility index (Phi) is 5.18. The molecule has 0 saturated heterocycles. The Bertz CT molecular complexity index is 851. The highest BCUT2D eigenvalue weighted by Crippen LogP contribution is 2.18. The summed E-state index contributed by atoms with van der Waals surface area (Å²) in [7, 11) is 0. The molecule has 0 aliphatic rings. The van der Waals surface area contributed by atoms with Crippen molar-refractivity contribution in [2.45, 2.75) is 33.5 Å². The molecule has 0 fully saturated rings. The van der Waals surface area contributed by atoms with Crippen LogP contribution in [0.3, 0.4) is 0 Å². The lowest BCUT2D eigenvalue weighted by Crippen LogP contribution is -2.24. The van der Waals surface area contributed by atoms with Gasteiger partial charge in [-0.15, -0.1) is 0 Å². The first-order valence-corrected chi connectivity index (χ1v) is 8.23. The van der Waals surface area contributed by atoms with Crippen LogP contribution in [0.2, 0.25) is 0 Å². The SMILES string of the molecule is CCn1nccc1CNC(=O)c1ccc(COc2ccccc2C)o1. The second-order valence-corrected chi connectivity index (χ2v) is 5.64. The maximum Gasteiger partial charge on any atom is 0.287 e. The average molecular weight is 339 g/mol. The molecule has 0 unspecified atom stereocenters. The Morgan fingerprint density at radius 3 is 2.88 bits per heavy atom. The number of rotatable bonds is 7. The van der Waals surface area contributed by atoms with Crippen molar-refractivity contribution < 1.29 is 13.9 Å². The summed E-state index contributed by atoms with van der Waals surface area (Å²) in [6, 6.07) is 13.1. The molecular formula is C19H21N3O3. The number of benzene rings is 1. The topological polar surface area (TPSA) is 69.3 Å². The monoisotopic (exact) mass is 339 g/mol. The van der Waals surface area contributed by atoms with Gasteiger partial charge in [0.1, 0.15) is 18.1 Å². The van der Waals surface area contributed by atoms with E-state index < -0.39 is 0 Å². The predicted molar refractivity (Wildman–Crippen MR) is 93.3 cm³/mol. The first-order valence-electron chi connectivity index (χ1n) is 8.23. The number of para-hydroxylation sites is 1. The molecule has 0 aliphatic carbocycles. The average Bonchev–Trinajstić information content (AvgIpc) is 3.28. The Morgan fingerprint density at radius 2 is 2.08 bits per heavy atom. The van der Waals surface area contributed by atoms with Gasteiger partial charge in [-0.3, -0.25) is 9.48 Å². The molecule has 1 aromatic carbocycles. The Hall–Kier alpha value is -3.02. The molecule has 0 bridgehead atoms. The van der Waals surface area contributed by atoms with Gasteiger partial charge in [0, 0.05) is 12.7 Å². The van der Waals surface area contributed by atoms with Crippen LogP contribution in [0.15, 0.2) is 53.1 Å². The largest absolute Gasteiger partial charge is 0.485 e. The number of carbonyl (C=O) groups excluding carboxylic acids is 1. The first-order chi connectivity index (χ1) is 12.2. The summed E-state index contributed by atoms with van der Waals surface area (Å²) in [5, 5.41) is 7.01. The van der Waals surface area contributed by atoms with Gasteiger partial charge in [-0.05, 0) is 43.7 Å². The molecule has 0 radical (unpaired) electrons. The molecule has 1 amide bonds. The number of hydrogen-bond donors (Lipinski definition) is 1. The molecule has 3 rings (SSSR count). The van der Waals surface area contributed by atoms with E-state index >= 15 is 0 Å². The van der Waals surface area contributed by atoms with Gasteiger partial charge in [-0.2, -0.15) is 5.10 Å². The van der Waals surface area contributed by atoms with E-state index in [1.807, 2.05) is 48.9 Å². The smallest absolute Gasteiger partial charge is 0.287 e. The van der Waals surface area contributed by atoms with Crippen LogP contribution in [0.5, 0.6) is 5.75 Å². The van der Waals surface area contributed by atoms with Crippen LogP contribution in [0.25, 0.3) is 0 Å². The number of carbonyl (C=O) groups is 1. The van der Waals surface area contributed by atoms with Crippen LogP contribution in [-0.4, -0.2) is 15.7 Å². The second kappa shape index (κ2) is 7.70. The van der Waals surface area contributed by atoms with E-state index in [0.29, 0.717) is 12.3 Å². The van der Waals surface area contributed by atoms with E-state index in [0.717, 1.165) is 23.6 Å². The molecule has 6 heteroatoms. The van der Waals surface area contributed by atoms with Crippen molar-refractivity contribution >= 4 is 5.91 Å². The number of nitrogens with zero attached hydrogens (tertiary/aromatic N) is 2. The van der Waals surface area contributed by atoms with E-state index in [2.05, 4.69) is 10.4 Å². The zero-order valence-electron chi connectivity index (χ0n) is 14.4. The van der Waals surface area contributed by atoms with E-state index in [1.54, 1.807) is 18.3 Å². The van der Waals surface area contributed by atoms with Crippen LogP contribution in [-0.2, 0) is 19.7 Å². The zero-order chi connectivity index (χ0) is 17.6. The molecule has 1 N–H and O–H groups in total. The Morgan fingerprint density at radius 1 is 1.24 bits per heavy atom. The van der Waals surface area contributed by atoms with Crippen molar-refractivity contribution in [3.8, 4) is 5.75 Å². The third-order valence-electron chi connectivity index (χ3n) is 3.88. The maximum absolute atomic E-state index is 12.2. The van der Waals surface area contributed by atoms with Gasteiger partial charge in [0.25, 0.3) is 5.91 Å². The summed E-state index contributed by atoms with van der Waals surface area (Å²) in [5.41, 5.74) is 2.00. The minimum atomic E-state index is -0.258. The summed E-state index contributed by atoms with van der Waals surface area (Å²) in [5.74, 6) is 1.42. The molecule has 0 aliphatic heterocycles. The van der Waals surface area contributed by atoms with Crippen molar-refractivity contribution in [2.24, 2.45) is 0 Å². The fourth-order valence-electron chi connectivity index (χ4n) is 2.50. The van der Waals surface area contributed by atoms with Crippen molar-refractivity contribution in [3.05, 3.63) is 71.4 Å². The molecule has 0 atom stereocenters. The summed E-state index contributed by atoms with van der Waals surface area (Å²) in [6.07, 6.45) is 1.72. The highest BCUT2D eigenvalue weighted by Gasteiger charge is 2.12. The number of nitrogens with one attached hydrogen (secondary N) is 1. The van der Waals surface area contributed by atoms with Crippen LogP contribution < -0.4 is 10.1 Å². The number of aryl methyl sites for hydroxylation is 2. The quantitative estimate of drug-likeness (QED) is 0.717. The molecule has 0 spiro atoms. The van der Waals surface area contributed by atoms with E-state index in [4.69, 9.17) is 9.15 Å². The molecule has 2 heterocycles. The lowest BCUT2D eigenvalue weighted by Gasteiger charge is -2.07. The highest BCUT2D eigenvalue weighted by molar-refractivity contribution is 5.91. The number of hydrogen-bond acceptors (Lipinski definition) is 4. The molecule has 25 heavy (non-hydrogen) atoms. The van der Waals surface area contributed by atoms with Crippen molar-refractivity contribution in [1.82, 2.24) is 15.1 Å². The van der Waals surface area contributed by atoms with Crippen LogP contribution in [0.4, 0.5) is 0 Å². The molecule has 6 nitrogen and oxygen atoms in total. The Labute approximate surface area is 146 Å². The minimum absolute atomic E-state index is 0.258. The predicted octanol–water partition coefficient (Wildman–Crippen LogP) is 3.31.